The predicted octanol–water partition coefficient (Wildman–Crippen LogP) is 4.01. The van der Waals surface area contributed by atoms with Crippen LogP contribution >= 0.6 is 34.8 Å². The van der Waals surface area contributed by atoms with Crippen LogP contribution in [0.3, 0.4) is 0 Å². The van der Waals surface area contributed by atoms with Gasteiger partial charge in [0.1, 0.15) is 6.54 Å². The van der Waals surface area contributed by atoms with Crippen LogP contribution in [0.25, 0.3) is 0 Å². The highest BCUT2D eigenvalue weighted by molar-refractivity contribution is 7.92. The lowest BCUT2D eigenvalue weighted by Crippen LogP contribution is -2.37. The van der Waals surface area contributed by atoms with Crippen LogP contribution in [0.4, 0.5) is 17.1 Å². The molecule has 0 unspecified atom stereocenters. The number of rotatable bonds is 6. The first-order valence-corrected chi connectivity index (χ1v) is 10.8. The Morgan fingerprint density at radius 1 is 0.929 bits per heavy atom. The third-order valence-electron chi connectivity index (χ3n) is 3.44. The smallest absolute Gasteiger partial charge is 0.245 e. The van der Waals surface area contributed by atoms with Gasteiger partial charge in [-0.25, -0.2) is 8.42 Å². The van der Waals surface area contributed by atoms with Crippen molar-refractivity contribution in [3.63, 3.8) is 0 Å². The summed E-state index contributed by atoms with van der Waals surface area (Å²) in [5.74, 6) is -0.820. The SMILES string of the molecule is CC(=O)Nc1ccc(NC(=O)CN(c2cc(Cl)c(Cl)cc2Cl)S(C)(=O)=O)cc1. The van der Waals surface area contributed by atoms with Gasteiger partial charge in [0.15, 0.2) is 0 Å². The number of hydrogen-bond acceptors (Lipinski definition) is 4. The Morgan fingerprint density at radius 3 is 1.93 bits per heavy atom. The maximum Gasteiger partial charge on any atom is 0.245 e. The Kier molecular flexibility index (Phi) is 7.16. The number of nitrogens with zero attached hydrogens (tertiary/aromatic N) is 1. The van der Waals surface area contributed by atoms with Crippen LogP contribution in [0.5, 0.6) is 0 Å². The molecule has 2 aromatic carbocycles. The van der Waals surface area contributed by atoms with E-state index in [0.29, 0.717) is 11.4 Å². The minimum atomic E-state index is -3.84. The van der Waals surface area contributed by atoms with Gasteiger partial charge in [-0.1, -0.05) is 34.8 Å². The summed E-state index contributed by atoms with van der Waals surface area (Å²) in [6, 6.07) is 8.92. The molecule has 0 fully saturated rings. The zero-order valence-electron chi connectivity index (χ0n) is 14.8. The lowest BCUT2D eigenvalue weighted by atomic mass is 10.2. The van der Waals surface area contributed by atoms with Gasteiger partial charge in [0.05, 0.1) is 27.0 Å². The second-order valence-electron chi connectivity index (χ2n) is 5.79. The molecule has 2 aromatic rings. The number of carbonyl (C=O) groups is 2. The molecule has 2 N–H and O–H groups in total. The maximum atomic E-state index is 12.4. The monoisotopic (exact) mass is 463 g/mol. The van der Waals surface area contributed by atoms with Crippen LogP contribution in [0, 0.1) is 0 Å². The maximum absolute atomic E-state index is 12.4. The number of sulfonamides is 1. The van der Waals surface area contributed by atoms with Crippen LogP contribution in [0.15, 0.2) is 36.4 Å². The molecule has 0 aliphatic carbocycles. The van der Waals surface area contributed by atoms with E-state index in [4.69, 9.17) is 34.8 Å². The summed E-state index contributed by atoms with van der Waals surface area (Å²) in [6.45, 7) is 0.855. The van der Waals surface area contributed by atoms with Crippen molar-refractivity contribution in [3.8, 4) is 0 Å². The van der Waals surface area contributed by atoms with E-state index >= 15 is 0 Å². The van der Waals surface area contributed by atoms with E-state index in [1.807, 2.05) is 0 Å². The molecule has 0 saturated heterocycles. The van der Waals surface area contributed by atoms with Crippen molar-refractivity contribution in [2.24, 2.45) is 0 Å². The average molecular weight is 465 g/mol. The molecular weight excluding hydrogens is 449 g/mol. The number of anilines is 3. The van der Waals surface area contributed by atoms with Crippen molar-refractivity contribution in [2.45, 2.75) is 6.92 Å². The molecule has 11 heteroatoms. The Labute approximate surface area is 177 Å². The van der Waals surface area contributed by atoms with Gasteiger partial charge in [-0.3, -0.25) is 13.9 Å². The minimum Gasteiger partial charge on any atom is -0.326 e. The molecule has 0 aromatic heterocycles. The van der Waals surface area contributed by atoms with E-state index < -0.39 is 22.5 Å². The van der Waals surface area contributed by atoms with Gasteiger partial charge in [-0.2, -0.15) is 0 Å². The first kappa shape index (κ1) is 22.3. The van der Waals surface area contributed by atoms with Crippen molar-refractivity contribution < 1.29 is 18.0 Å². The van der Waals surface area contributed by atoms with Gasteiger partial charge in [0, 0.05) is 18.3 Å². The van der Waals surface area contributed by atoms with E-state index in [1.54, 1.807) is 24.3 Å². The molecule has 0 atom stereocenters. The van der Waals surface area contributed by atoms with Crippen molar-refractivity contribution >= 4 is 73.7 Å². The molecule has 0 spiro atoms. The molecule has 2 rings (SSSR count). The highest BCUT2D eigenvalue weighted by atomic mass is 35.5. The normalized spacial score (nSPS) is 11.0. The molecule has 2 amide bonds. The zero-order chi connectivity index (χ0) is 21.1. The number of nitrogens with one attached hydrogen (secondary N) is 2. The van der Waals surface area contributed by atoms with Gasteiger partial charge in [-0.15, -0.1) is 0 Å². The first-order valence-electron chi connectivity index (χ1n) is 7.77. The third-order valence-corrected chi connectivity index (χ3v) is 5.59. The van der Waals surface area contributed by atoms with Crippen molar-refractivity contribution in [1.29, 1.82) is 0 Å². The highest BCUT2D eigenvalue weighted by Crippen LogP contribution is 2.35. The summed E-state index contributed by atoms with van der Waals surface area (Å²) in [4.78, 5) is 23.4. The molecule has 0 radical (unpaired) electrons. The first-order chi connectivity index (χ1) is 13.0. The fourth-order valence-corrected chi connectivity index (χ4v) is 3.81. The summed E-state index contributed by atoms with van der Waals surface area (Å²) in [5.41, 5.74) is 1.02. The highest BCUT2D eigenvalue weighted by Gasteiger charge is 2.24. The fourth-order valence-electron chi connectivity index (χ4n) is 2.26. The molecular formula is C17H16Cl3N3O4S. The van der Waals surface area contributed by atoms with Crippen LogP contribution < -0.4 is 14.9 Å². The standard InChI is InChI=1S/C17H16Cl3N3O4S/c1-10(24)21-11-3-5-12(6-4-11)22-17(25)9-23(28(2,26)27)16-8-14(19)13(18)7-15(16)20/h3-8H,9H2,1-2H3,(H,21,24)(H,22,25). The summed E-state index contributed by atoms with van der Waals surface area (Å²) in [6.07, 6.45) is 0.946. The topological polar surface area (TPSA) is 95.6 Å². The van der Waals surface area contributed by atoms with Gasteiger partial charge < -0.3 is 10.6 Å². The zero-order valence-corrected chi connectivity index (χ0v) is 17.9. The number of carbonyl (C=O) groups excluding carboxylic acids is 2. The Hall–Kier alpha value is -2.00. The van der Waals surface area contributed by atoms with Gasteiger partial charge in [-0.05, 0) is 36.4 Å². The summed E-state index contributed by atoms with van der Waals surface area (Å²) < 4.78 is 25.2. The van der Waals surface area contributed by atoms with Crippen LogP contribution in [0.1, 0.15) is 6.92 Å². The van der Waals surface area contributed by atoms with Crippen molar-refractivity contribution in [3.05, 3.63) is 51.5 Å². The lowest BCUT2D eigenvalue weighted by Gasteiger charge is -2.23. The number of amides is 2. The second-order valence-corrected chi connectivity index (χ2v) is 8.92. The number of halogens is 3. The number of benzene rings is 2. The minimum absolute atomic E-state index is 0.0345. The van der Waals surface area contributed by atoms with Crippen LogP contribution in [-0.2, 0) is 19.6 Å². The van der Waals surface area contributed by atoms with E-state index in [-0.39, 0.29) is 26.7 Å². The average Bonchev–Trinajstić information content (AvgIpc) is 2.57. The molecule has 0 heterocycles. The summed E-state index contributed by atoms with van der Waals surface area (Å²) in [5, 5.41) is 5.47. The fraction of sp³-hybridized carbons (Fsp3) is 0.176. The molecule has 7 nitrogen and oxygen atoms in total. The van der Waals surface area contributed by atoms with Crippen molar-refractivity contribution in [1.82, 2.24) is 0 Å². The summed E-state index contributed by atoms with van der Waals surface area (Å²) in [7, 11) is -3.84. The molecule has 150 valence electrons. The van der Waals surface area contributed by atoms with Gasteiger partial charge >= 0.3 is 0 Å². The second kappa shape index (κ2) is 9.00. The van der Waals surface area contributed by atoms with Gasteiger partial charge in [0.2, 0.25) is 21.8 Å². The van der Waals surface area contributed by atoms with Crippen LogP contribution in [-0.4, -0.2) is 33.0 Å². The van der Waals surface area contributed by atoms with E-state index in [0.717, 1.165) is 10.6 Å². The van der Waals surface area contributed by atoms with Crippen LogP contribution in [0.2, 0.25) is 15.1 Å². The Morgan fingerprint density at radius 2 is 1.43 bits per heavy atom. The molecule has 0 aliphatic rings. The van der Waals surface area contributed by atoms with E-state index in [9.17, 15) is 18.0 Å². The van der Waals surface area contributed by atoms with Crippen molar-refractivity contribution in [2.75, 3.05) is 27.7 Å². The third kappa shape index (κ3) is 6.00. The summed E-state index contributed by atoms with van der Waals surface area (Å²) >= 11 is 17.9. The molecule has 0 aliphatic heterocycles. The Balaban J connectivity index is 2.20. The predicted molar refractivity (Wildman–Crippen MR) is 113 cm³/mol. The molecule has 0 bridgehead atoms. The van der Waals surface area contributed by atoms with Gasteiger partial charge in [0.25, 0.3) is 0 Å². The molecule has 0 saturated carbocycles. The largest absolute Gasteiger partial charge is 0.326 e. The molecule has 28 heavy (non-hydrogen) atoms. The quantitative estimate of drug-likeness (QED) is 0.631. The van der Waals surface area contributed by atoms with E-state index in [1.165, 1.54) is 19.1 Å². The lowest BCUT2D eigenvalue weighted by molar-refractivity contribution is -0.115. The number of hydrogen-bond donors (Lipinski definition) is 2. The Bertz CT molecular complexity index is 1010. The van der Waals surface area contributed by atoms with E-state index in [2.05, 4.69) is 10.6 Å².